The Hall–Kier alpha value is -3.12. The molecule has 2 amide bonds. The highest BCUT2D eigenvalue weighted by Gasteiger charge is 2.37. The number of amides is 2. The number of rotatable bonds is 3. The van der Waals surface area contributed by atoms with Gasteiger partial charge in [-0.05, 0) is 37.1 Å². The van der Waals surface area contributed by atoms with E-state index in [1.807, 2.05) is 29.2 Å². The molecule has 1 saturated heterocycles. The minimum Gasteiger partial charge on any atom is -0.367 e. The average molecular weight is 407 g/mol. The summed E-state index contributed by atoms with van der Waals surface area (Å²) in [5.41, 5.74) is 2.88. The third-order valence-corrected chi connectivity index (χ3v) is 5.95. The van der Waals surface area contributed by atoms with E-state index < -0.39 is 0 Å². The first-order valence-corrected chi connectivity index (χ1v) is 10.0. The van der Waals surface area contributed by atoms with E-state index in [2.05, 4.69) is 4.98 Å². The lowest BCUT2D eigenvalue weighted by Gasteiger charge is -2.33. The number of fused-ring (bicyclic) bond motifs is 1. The molecule has 6 nitrogen and oxygen atoms in total. The Morgan fingerprint density at radius 1 is 1.00 bits per heavy atom. The number of anilines is 1. The first kappa shape index (κ1) is 17.9. The maximum absolute atomic E-state index is 13.0. The van der Waals surface area contributed by atoms with Gasteiger partial charge in [-0.25, -0.2) is 9.88 Å². The number of piperidine rings is 1. The quantitative estimate of drug-likeness (QED) is 0.671. The molecule has 2 aromatic carbocycles. The van der Waals surface area contributed by atoms with Gasteiger partial charge in [0, 0.05) is 25.1 Å². The minimum atomic E-state index is -0.350. The van der Waals surface area contributed by atoms with Crippen molar-refractivity contribution < 1.29 is 9.59 Å². The number of aromatic nitrogens is 2. The van der Waals surface area contributed by atoms with Crippen molar-refractivity contribution in [3.63, 3.8) is 0 Å². The van der Waals surface area contributed by atoms with Gasteiger partial charge in [0.15, 0.2) is 0 Å². The normalized spacial score (nSPS) is 18.0. The fourth-order valence-corrected chi connectivity index (χ4v) is 4.33. The highest BCUT2D eigenvalue weighted by atomic mass is 35.5. The largest absolute Gasteiger partial charge is 0.367 e. The molecular weight excluding hydrogens is 388 g/mol. The van der Waals surface area contributed by atoms with Gasteiger partial charge in [-0.15, -0.1) is 0 Å². The van der Waals surface area contributed by atoms with Gasteiger partial charge in [0.25, 0.3) is 11.8 Å². The summed E-state index contributed by atoms with van der Waals surface area (Å²) < 4.78 is 0. The van der Waals surface area contributed by atoms with Crippen LogP contribution in [-0.4, -0.2) is 39.8 Å². The standard InChI is InChI=1S/C22H19ClN4O2/c23-15-5-1-4-8-18(15)27-20(28)13-19(22(27)29)26-11-9-14(10-12-26)21-24-16-6-2-3-7-17(16)25-21/h1-8,13-14H,9-12H2,(H,24,25). The predicted octanol–water partition coefficient (Wildman–Crippen LogP) is 3.85. The highest BCUT2D eigenvalue weighted by Crippen LogP contribution is 2.33. The first-order chi connectivity index (χ1) is 14.1. The summed E-state index contributed by atoms with van der Waals surface area (Å²) in [5.74, 6) is 0.639. The van der Waals surface area contributed by atoms with Crippen LogP contribution in [0.5, 0.6) is 0 Å². The maximum atomic E-state index is 13.0. The molecule has 0 saturated carbocycles. The number of imidazole rings is 1. The SMILES string of the molecule is O=C1C=C(N2CCC(c3nc4ccccc4[nH]3)CC2)C(=O)N1c1ccccc1Cl. The van der Waals surface area contributed by atoms with Gasteiger partial charge in [0.1, 0.15) is 11.5 Å². The molecular formula is C22H19ClN4O2. The number of hydrogen-bond donors (Lipinski definition) is 1. The van der Waals surface area contributed by atoms with Crippen molar-refractivity contribution in [3.8, 4) is 0 Å². The van der Waals surface area contributed by atoms with Crippen LogP contribution in [0, 0.1) is 0 Å². The topological polar surface area (TPSA) is 69.3 Å². The molecule has 2 aliphatic rings. The van der Waals surface area contributed by atoms with Crippen LogP contribution < -0.4 is 4.90 Å². The lowest BCUT2D eigenvalue weighted by Crippen LogP contribution is -2.38. The molecule has 3 aromatic rings. The summed E-state index contributed by atoms with van der Waals surface area (Å²) in [6.45, 7) is 1.39. The number of halogens is 1. The third-order valence-electron chi connectivity index (χ3n) is 5.63. The van der Waals surface area contributed by atoms with Crippen LogP contribution in [0.15, 0.2) is 60.3 Å². The summed E-state index contributed by atoms with van der Waals surface area (Å²) in [6.07, 6.45) is 3.16. The van der Waals surface area contributed by atoms with Gasteiger partial charge in [-0.2, -0.15) is 0 Å². The van der Waals surface area contributed by atoms with E-state index in [1.54, 1.807) is 24.3 Å². The highest BCUT2D eigenvalue weighted by molar-refractivity contribution is 6.38. The molecule has 1 fully saturated rings. The molecule has 0 bridgehead atoms. The lowest BCUT2D eigenvalue weighted by molar-refractivity contribution is -0.121. The Balaban J connectivity index is 1.31. The molecule has 5 rings (SSSR count). The number of carbonyl (C=O) groups excluding carboxylic acids is 2. The lowest BCUT2D eigenvalue weighted by atomic mass is 9.96. The monoisotopic (exact) mass is 406 g/mol. The van der Waals surface area contributed by atoms with Crippen molar-refractivity contribution in [3.05, 3.63) is 71.2 Å². The van der Waals surface area contributed by atoms with Crippen LogP contribution in [0.25, 0.3) is 11.0 Å². The number of H-pyrrole nitrogens is 1. The van der Waals surface area contributed by atoms with E-state index in [0.29, 0.717) is 35.4 Å². The summed E-state index contributed by atoms with van der Waals surface area (Å²) in [6, 6.07) is 14.9. The fourth-order valence-electron chi connectivity index (χ4n) is 4.11. The number of aromatic amines is 1. The Morgan fingerprint density at radius 3 is 2.48 bits per heavy atom. The maximum Gasteiger partial charge on any atom is 0.281 e. The van der Waals surface area contributed by atoms with Gasteiger partial charge in [0.2, 0.25) is 0 Å². The molecule has 7 heteroatoms. The zero-order chi connectivity index (χ0) is 20.0. The molecule has 29 heavy (non-hydrogen) atoms. The predicted molar refractivity (Wildman–Crippen MR) is 112 cm³/mol. The number of nitrogens with one attached hydrogen (secondary N) is 1. The minimum absolute atomic E-state index is 0.311. The first-order valence-electron chi connectivity index (χ1n) is 9.66. The summed E-state index contributed by atoms with van der Waals surface area (Å²) in [7, 11) is 0. The van der Waals surface area contributed by atoms with Gasteiger partial charge in [-0.3, -0.25) is 9.59 Å². The van der Waals surface area contributed by atoms with Crippen molar-refractivity contribution in [1.82, 2.24) is 14.9 Å². The summed E-state index contributed by atoms with van der Waals surface area (Å²) >= 11 is 6.20. The number of imide groups is 1. The average Bonchev–Trinajstić information content (AvgIpc) is 3.30. The number of hydrogen-bond acceptors (Lipinski definition) is 4. The van der Waals surface area contributed by atoms with Crippen molar-refractivity contribution in [2.45, 2.75) is 18.8 Å². The van der Waals surface area contributed by atoms with Crippen LogP contribution in [0.4, 0.5) is 5.69 Å². The van der Waals surface area contributed by atoms with E-state index in [0.717, 1.165) is 34.6 Å². The molecule has 0 unspecified atom stereocenters. The third kappa shape index (κ3) is 3.09. The van der Waals surface area contributed by atoms with Crippen LogP contribution in [0.3, 0.4) is 0 Å². The molecule has 2 aliphatic heterocycles. The van der Waals surface area contributed by atoms with E-state index in [4.69, 9.17) is 16.6 Å². The molecule has 146 valence electrons. The zero-order valence-electron chi connectivity index (χ0n) is 15.6. The second-order valence-electron chi connectivity index (χ2n) is 7.36. The van der Waals surface area contributed by atoms with E-state index in [9.17, 15) is 9.59 Å². The molecule has 3 heterocycles. The van der Waals surface area contributed by atoms with E-state index >= 15 is 0 Å². The number of likely N-dealkylation sites (tertiary alicyclic amines) is 1. The van der Waals surface area contributed by atoms with Gasteiger partial charge < -0.3 is 9.88 Å². The van der Waals surface area contributed by atoms with Crippen molar-refractivity contribution in [1.29, 1.82) is 0 Å². The number of benzene rings is 2. The molecule has 0 radical (unpaired) electrons. The van der Waals surface area contributed by atoms with Gasteiger partial charge >= 0.3 is 0 Å². The van der Waals surface area contributed by atoms with Gasteiger partial charge in [-0.1, -0.05) is 35.9 Å². The Bertz CT molecular complexity index is 1110. The molecule has 0 atom stereocenters. The van der Waals surface area contributed by atoms with Crippen LogP contribution in [0.1, 0.15) is 24.6 Å². The molecule has 0 aliphatic carbocycles. The van der Waals surface area contributed by atoms with E-state index in [1.165, 1.54) is 6.08 Å². The smallest absolute Gasteiger partial charge is 0.281 e. The summed E-state index contributed by atoms with van der Waals surface area (Å²) in [4.78, 5) is 36.7. The molecule has 0 spiro atoms. The number of para-hydroxylation sites is 3. The Kier molecular flexibility index (Phi) is 4.36. The Morgan fingerprint density at radius 2 is 1.72 bits per heavy atom. The zero-order valence-corrected chi connectivity index (χ0v) is 16.4. The van der Waals surface area contributed by atoms with Crippen molar-refractivity contribution in [2.75, 3.05) is 18.0 Å². The van der Waals surface area contributed by atoms with Crippen LogP contribution in [-0.2, 0) is 9.59 Å². The van der Waals surface area contributed by atoms with Crippen LogP contribution >= 0.6 is 11.6 Å². The second-order valence-corrected chi connectivity index (χ2v) is 7.77. The van der Waals surface area contributed by atoms with E-state index in [-0.39, 0.29) is 11.8 Å². The molecule has 1 aromatic heterocycles. The summed E-state index contributed by atoms with van der Waals surface area (Å²) in [5, 5.41) is 0.382. The van der Waals surface area contributed by atoms with Gasteiger partial charge in [0.05, 0.1) is 21.7 Å². The van der Waals surface area contributed by atoms with Crippen molar-refractivity contribution in [2.24, 2.45) is 0 Å². The second kappa shape index (κ2) is 7.04. The number of carbonyl (C=O) groups is 2. The van der Waals surface area contributed by atoms with Crippen molar-refractivity contribution >= 4 is 40.1 Å². The number of nitrogens with zero attached hydrogens (tertiary/aromatic N) is 3. The Labute approximate surface area is 172 Å². The molecule has 1 N–H and O–H groups in total. The fraction of sp³-hybridized carbons (Fsp3) is 0.227. The van der Waals surface area contributed by atoms with Crippen LogP contribution in [0.2, 0.25) is 5.02 Å².